The zero-order valence-corrected chi connectivity index (χ0v) is 14.0. The molecular weight excluding hydrogens is 286 g/mol. The average molecular weight is 311 g/mol. The molecule has 7 heteroatoms. The van der Waals surface area contributed by atoms with E-state index in [1.807, 2.05) is 20.8 Å². The van der Waals surface area contributed by atoms with Crippen molar-refractivity contribution in [3.8, 4) is 0 Å². The third kappa shape index (κ3) is 2.76. The van der Waals surface area contributed by atoms with Crippen LogP contribution >= 0.6 is 0 Å². The second-order valence-electron chi connectivity index (χ2n) is 6.17. The van der Waals surface area contributed by atoms with Crippen LogP contribution in [0.25, 0.3) is 0 Å². The monoisotopic (exact) mass is 311 g/mol. The highest BCUT2D eigenvalue weighted by Gasteiger charge is 2.52. The lowest BCUT2D eigenvalue weighted by Crippen LogP contribution is -2.40. The largest absolute Gasteiger partial charge is 0.382 e. The lowest BCUT2D eigenvalue weighted by Gasteiger charge is -2.31. The Morgan fingerprint density at radius 3 is 2.68 bits per heavy atom. The van der Waals surface area contributed by atoms with Gasteiger partial charge in [-0.05, 0) is 6.92 Å². The molecule has 1 aliphatic rings. The van der Waals surface area contributed by atoms with Crippen molar-refractivity contribution in [2.45, 2.75) is 39.2 Å². The van der Waals surface area contributed by atoms with E-state index in [0.717, 1.165) is 5.56 Å². The van der Waals surface area contributed by atoms with E-state index in [4.69, 9.17) is 14.2 Å². The number of nitrogens with zero attached hydrogens (tertiary/aromatic N) is 2. The van der Waals surface area contributed by atoms with Crippen molar-refractivity contribution in [3.63, 3.8) is 0 Å². The Morgan fingerprint density at radius 2 is 2.14 bits per heavy atom. The minimum atomic E-state index is -0.456. The molecule has 7 nitrogen and oxygen atoms in total. The Hall–Kier alpha value is -1.44. The molecule has 0 aromatic carbocycles. The van der Waals surface area contributed by atoms with Crippen LogP contribution in [0.5, 0.6) is 0 Å². The highest BCUT2D eigenvalue weighted by molar-refractivity contribution is 5.40. The molecule has 1 aromatic heterocycles. The number of hydrogen-bond donors (Lipinski definition) is 1. The standard InChI is InChI=1S/C15H25N3O4/c1-9-7-18(14(19)17-12(9)16-4)13-15(2,3)11(21-6)10(22-13)8-20-5/h7,10-11,13H,8H2,1-6H3,(H,16,17,19). The second-order valence-corrected chi connectivity index (χ2v) is 6.17. The number of ether oxygens (including phenoxy) is 3. The summed E-state index contributed by atoms with van der Waals surface area (Å²) in [5.74, 6) is 0.578. The quantitative estimate of drug-likeness (QED) is 0.880. The maximum Gasteiger partial charge on any atom is 0.351 e. The fourth-order valence-electron chi connectivity index (χ4n) is 3.19. The molecule has 0 radical (unpaired) electrons. The number of methoxy groups -OCH3 is 2. The molecule has 0 saturated carbocycles. The predicted molar refractivity (Wildman–Crippen MR) is 83.1 cm³/mol. The normalized spacial score (nSPS) is 27.1. The maximum atomic E-state index is 12.3. The Kier molecular flexibility index (Phi) is 4.89. The molecule has 2 heterocycles. The lowest BCUT2D eigenvalue weighted by atomic mass is 9.84. The van der Waals surface area contributed by atoms with Crippen LogP contribution in [0.2, 0.25) is 0 Å². The molecule has 1 saturated heterocycles. The maximum absolute atomic E-state index is 12.3. The minimum absolute atomic E-state index is 0.173. The van der Waals surface area contributed by atoms with E-state index in [1.54, 1.807) is 27.5 Å². The Balaban J connectivity index is 2.44. The summed E-state index contributed by atoms with van der Waals surface area (Å²) in [6.45, 7) is 6.36. The summed E-state index contributed by atoms with van der Waals surface area (Å²) in [5.41, 5.74) is 0.142. The van der Waals surface area contributed by atoms with Crippen molar-refractivity contribution in [2.75, 3.05) is 33.2 Å². The molecular formula is C15H25N3O4. The van der Waals surface area contributed by atoms with Crippen LogP contribution < -0.4 is 11.0 Å². The van der Waals surface area contributed by atoms with E-state index in [0.29, 0.717) is 12.4 Å². The zero-order valence-electron chi connectivity index (χ0n) is 14.0. The summed E-state index contributed by atoms with van der Waals surface area (Å²) in [4.78, 5) is 16.4. The Labute approximate surface area is 130 Å². The second kappa shape index (κ2) is 6.36. The van der Waals surface area contributed by atoms with Crippen molar-refractivity contribution in [2.24, 2.45) is 5.41 Å². The first-order valence-corrected chi connectivity index (χ1v) is 7.31. The molecule has 1 N–H and O–H groups in total. The van der Waals surface area contributed by atoms with E-state index < -0.39 is 11.6 Å². The smallest absolute Gasteiger partial charge is 0.351 e. The third-order valence-electron chi connectivity index (χ3n) is 4.22. The SMILES string of the molecule is CNc1nc(=O)n(C2OC(COC)C(OC)C2(C)C)cc1C. The highest BCUT2D eigenvalue weighted by atomic mass is 16.6. The molecule has 2 rings (SSSR count). The van der Waals surface area contributed by atoms with Crippen LogP contribution in [0.3, 0.4) is 0 Å². The van der Waals surface area contributed by atoms with Gasteiger partial charge < -0.3 is 19.5 Å². The van der Waals surface area contributed by atoms with E-state index in [2.05, 4.69) is 10.3 Å². The van der Waals surface area contributed by atoms with Gasteiger partial charge >= 0.3 is 5.69 Å². The van der Waals surface area contributed by atoms with Gasteiger partial charge in [-0.25, -0.2) is 4.79 Å². The summed E-state index contributed by atoms with van der Waals surface area (Å²) < 4.78 is 18.4. The molecule has 3 unspecified atom stereocenters. The molecule has 3 atom stereocenters. The molecule has 0 aliphatic carbocycles. The van der Waals surface area contributed by atoms with E-state index in [1.165, 1.54) is 4.57 Å². The number of hydrogen-bond acceptors (Lipinski definition) is 6. The van der Waals surface area contributed by atoms with E-state index in [-0.39, 0.29) is 17.9 Å². The van der Waals surface area contributed by atoms with Crippen molar-refractivity contribution in [1.29, 1.82) is 0 Å². The molecule has 0 amide bonds. The van der Waals surface area contributed by atoms with Gasteiger partial charge in [0.15, 0.2) is 0 Å². The average Bonchev–Trinajstić information content (AvgIpc) is 2.71. The summed E-state index contributed by atoms with van der Waals surface area (Å²) in [6, 6.07) is 0. The third-order valence-corrected chi connectivity index (χ3v) is 4.22. The van der Waals surface area contributed by atoms with Gasteiger partial charge in [0.1, 0.15) is 18.1 Å². The van der Waals surface area contributed by atoms with E-state index >= 15 is 0 Å². The summed E-state index contributed by atoms with van der Waals surface area (Å²) in [6.07, 6.45) is 0.914. The molecule has 1 aromatic rings. The minimum Gasteiger partial charge on any atom is -0.382 e. The van der Waals surface area contributed by atoms with Crippen molar-refractivity contribution < 1.29 is 14.2 Å². The van der Waals surface area contributed by atoms with Crippen LogP contribution in [0.1, 0.15) is 25.6 Å². The van der Waals surface area contributed by atoms with Crippen molar-refractivity contribution in [3.05, 3.63) is 22.2 Å². The van der Waals surface area contributed by atoms with Gasteiger partial charge in [0.05, 0.1) is 12.7 Å². The van der Waals surface area contributed by atoms with Crippen LogP contribution in [0.15, 0.2) is 11.0 Å². The molecule has 22 heavy (non-hydrogen) atoms. The van der Waals surface area contributed by atoms with Crippen LogP contribution in [-0.2, 0) is 14.2 Å². The summed E-state index contributed by atoms with van der Waals surface area (Å²) >= 11 is 0. The highest BCUT2D eigenvalue weighted by Crippen LogP contribution is 2.45. The molecule has 124 valence electrons. The fraction of sp³-hybridized carbons (Fsp3) is 0.733. The van der Waals surface area contributed by atoms with Gasteiger partial charge in [-0.1, -0.05) is 13.8 Å². The Morgan fingerprint density at radius 1 is 1.45 bits per heavy atom. The number of nitrogens with one attached hydrogen (secondary N) is 1. The number of anilines is 1. The molecule has 1 fully saturated rings. The van der Waals surface area contributed by atoms with Crippen molar-refractivity contribution in [1.82, 2.24) is 9.55 Å². The molecule has 0 bridgehead atoms. The Bertz CT molecular complexity index is 585. The van der Waals surface area contributed by atoms with Crippen LogP contribution in [0.4, 0.5) is 5.82 Å². The van der Waals surface area contributed by atoms with Gasteiger partial charge in [-0.15, -0.1) is 0 Å². The number of aromatic nitrogens is 2. The van der Waals surface area contributed by atoms with Gasteiger partial charge in [0.2, 0.25) is 0 Å². The van der Waals surface area contributed by atoms with Gasteiger partial charge in [-0.2, -0.15) is 4.98 Å². The first-order chi connectivity index (χ1) is 10.4. The fourth-order valence-corrected chi connectivity index (χ4v) is 3.19. The lowest BCUT2D eigenvalue weighted by molar-refractivity contribution is -0.0635. The number of aryl methyl sites for hydroxylation is 1. The number of rotatable bonds is 5. The first-order valence-electron chi connectivity index (χ1n) is 7.31. The van der Waals surface area contributed by atoms with E-state index in [9.17, 15) is 4.79 Å². The van der Waals surface area contributed by atoms with Gasteiger partial charge in [-0.3, -0.25) is 4.57 Å². The summed E-state index contributed by atoms with van der Waals surface area (Å²) in [7, 11) is 5.01. The summed E-state index contributed by atoms with van der Waals surface area (Å²) in [5, 5.41) is 2.91. The van der Waals surface area contributed by atoms with Crippen LogP contribution in [0, 0.1) is 12.3 Å². The van der Waals surface area contributed by atoms with Crippen LogP contribution in [-0.4, -0.2) is 49.6 Å². The topological polar surface area (TPSA) is 74.6 Å². The molecule has 0 spiro atoms. The predicted octanol–water partition coefficient (Wildman–Crippen LogP) is 1.18. The first kappa shape index (κ1) is 16.9. The van der Waals surface area contributed by atoms with Crippen molar-refractivity contribution >= 4 is 5.82 Å². The van der Waals surface area contributed by atoms with Gasteiger partial charge in [0, 0.05) is 38.4 Å². The zero-order chi connectivity index (χ0) is 16.5. The van der Waals surface area contributed by atoms with Gasteiger partial charge in [0.25, 0.3) is 0 Å². The molecule has 1 aliphatic heterocycles.